The lowest BCUT2D eigenvalue weighted by Crippen LogP contribution is -2.54. The van der Waals surface area contributed by atoms with Crippen LogP contribution in [0.3, 0.4) is 0 Å². The van der Waals surface area contributed by atoms with Crippen molar-refractivity contribution >= 4 is 12.0 Å². The van der Waals surface area contributed by atoms with Gasteiger partial charge in [-0.3, -0.25) is 4.79 Å². The van der Waals surface area contributed by atoms with Gasteiger partial charge in [0.05, 0.1) is 12.6 Å². The van der Waals surface area contributed by atoms with Gasteiger partial charge in [-0.15, -0.1) is 0 Å². The van der Waals surface area contributed by atoms with Gasteiger partial charge in [0.15, 0.2) is 0 Å². The standard InChI is InChI=1S/C30H42N2O4/c1-28(2,22-9-7-8-10-23(22)35-6)31-27(34)36-25-14-12-20-19-11-13-24-29(3,18-16-26(33)32(24)5)21(19)15-17-30(20,25)4/h7-10,13,19-21,25H,11-12,14-18H2,1-6H3,(H,31,34)/t19-,20-,21-,25-,29+,30-/m0/s1. The summed E-state index contributed by atoms with van der Waals surface area (Å²) in [5.41, 5.74) is 1.61. The van der Waals surface area contributed by atoms with E-state index in [2.05, 4.69) is 25.2 Å². The maximum atomic E-state index is 13.2. The molecule has 5 rings (SSSR count). The third-order valence-electron chi connectivity index (χ3n) is 10.4. The van der Waals surface area contributed by atoms with Crippen LogP contribution in [0, 0.1) is 28.6 Å². The highest BCUT2D eigenvalue weighted by Gasteiger charge is 2.60. The molecule has 0 radical (unpaired) electrons. The number of likely N-dealkylation sites (tertiary alicyclic amines) is 1. The van der Waals surface area contributed by atoms with E-state index >= 15 is 0 Å². The number of allylic oxidation sites excluding steroid dienone is 2. The Balaban J connectivity index is 1.31. The van der Waals surface area contributed by atoms with E-state index in [0.29, 0.717) is 24.2 Å². The summed E-state index contributed by atoms with van der Waals surface area (Å²) in [7, 11) is 3.60. The van der Waals surface area contributed by atoms with E-state index < -0.39 is 5.54 Å². The molecule has 3 fully saturated rings. The first-order chi connectivity index (χ1) is 17.0. The zero-order valence-corrected chi connectivity index (χ0v) is 22.7. The molecule has 4 aliphatic rings. The predicted molar refractivity (Wildman–Crippen MR) is 139 cm³/mol. The van der Waals surface area contributed by atoms with Crippen LogP contribution < -0.4 is 10.1 Å². The lowest BCUT2D eigenvalue weighted by molar-refractivity contribution is -0.136. The highest BCUT2D eigenvalue weighted by molar-refractivity contribution is 5.79. The van der Waals surface area contributed by atoms with Crippen LogP contribution in [-0.4, -0.2) is 37.2 Å². The molecule has 1 aromatic rings. The lowest BCUT2D eigenvalue weighted by Gasteiger charge is -2.58. The molecule has 1 aliphatic heterocycles. The van der Waals surface area contributed by atoms with Crippen molar-refractivity contribution in [3.63, 3.8) is 0 Å². The maximum Gasteiger partial charge on any atom is 0.408 e. The Bertz CT molecular complexity index is 1080. The number of amides is 2. The van der Waals surface area contributed by atoms with E-state index in [0.717, 1.165) is 49.8 Å². The van der Waals surface area contributed by atoms with E-state index in [1.807, 2.05) is 50.1 Å². The molecular formula is C30H42N2O4. The van der Waals surface area contributed by atoms with Crippen LogP contribution in [0.2, 0.25) is 0 Å². The van der Waals surface area contributed by atoms with Crippen LogP contribution in [-0.2, 0) is 15.1 Å². The molecule has 36 heavy (non-hydrogen) atoms. The van der Waals surface area contributed by atoms with Crippen molar-refractivity contribution in [2.45, 2.75) is 84.3 Å². The second-order valence-corrected chi connectivity index (χ2v) is 12.5. The molecule has 6 nitrogen and oxygen atoms in total. The van der Waals surface area contributed by atoms with Crippen LogP contribution in [0.15, 0.2) is 36.0 Å². The minimum absolute atomic E-state index is 0.00875. The Morgan fingerprint density at radius 2 is 1.86 bits per heavy atom. The molecule has 1 N–H and O–H groups in total. The molecule has 2 saturated carbocycles. The van der Waals surface area contributed by atoms with Crippen molar-refractivity contribution in [2.24, 2.45) is 28.6 Å². The first-order valence-corrected chi connectivity index (χ1v) is 13.6. The van der Waals surface area contributed by atoms with Gasteiger partial charge >= 0.3 is 6.09 Å². The molecule has 0 aromatic heterocycles. The molecule has 3 aliphatic carbocycles. The summed E-state index contributed by atoms with van der Waals surface area (Å²) in [6, 6.07) is 7.78. The van der Waals surface area contributed by atoms with Crippen molar-refractivity contribution in [2.75, 3.05) is 14.2 Å². The Labute approximate surface area is 215 Å². The number of benzene rings is 1. The van der Waals surface area contributed by atoms with Crippen molar-refractivity contribution in [1.82, 2.24) is 10.2 Å². The van der Waals surface area contributed by atoms with Crippen LogP contribution in [0.5, 0.6) is 5.75 Å². The highest BCUT2D eigenvalue weighted by atomic mass is 16.6. The summed E-state index contributed by atoms with van der Waals surface area (Å²) in [5.74, 6) is 2.70. The number of hydrogen-bond donors (Lipinski definition) is 1. The van der Waals surface area contributed by atoms with E-state index in [-0.39, 0.29) is 28.9 Å². The summed E-state index contributed by atoms with van der Waals surface area (Å²) in [6.45, 7) is 8.70. The molecule has 1 saturated heterocycles. The fourth-order valence-electron chi connectivity index (χ4n) is 8.37. The summed E-state index contributed by atoms with van der Waals surface area (Å²) in [5, 5.41) is 3.11. The highest BCUT2D eigenvalue weighted by Crippen LogP contribution is 2.64. The zero-order valence-electron chi connectivity index (χ0n) is 22.7. The van der Waals surface area contributed by atoms with Crippen molar-refractivity contribution in [3.05, 3.63) is 41.6 Å². The zero-order chi connectivity index (χ0) is 25.9. The second-order valence-electron chi connectivity index (χ2n) is 12.5. The number of carbonyl (C=O) groups is 2. The van der Waals surface area contributed by atoms with Gasteiger partial charge in [-0.2, -0.15) is 0 Å². The molecule has 6 atom stereocenters. The van der Waals surface area contributed by atoms with Crippen molar-refractivity contribution < 1.29 is 19.1 Å². The molecule has 1 aromatic carbocycles. The predicted octanol–water partition coefficient (Wildman–Crippen LogP) is 6.01. The third kappa shape index (κ3) is 3.83. The van der Waals surface area contributed by atoms with Crippen LogP contribution in [0.1, 0.15) is 78.2 Å². The Morgan fingerprint density at radius 1 is 1.11 bits per heavy atom. The van der Waals surface area contributed by atoms with Gasteiger partial charge in [0.2, 0.25) is 5.91 Å². The number of piperidine rings is 1. The largest absolute Gasteiger partial charge is 0.496 e. The van der Waals surface area contributed by atoms with Crippen LogP contribution in [0.25, 0.3) is 0 Å². The van der Waals surface area contributed by atoms with Crippen molar-refractivity contribution in [3.8, 4) is 5.75 Å². The number of alkyl carbamates (subject to hydrolysis) is 1. The molecule has 0 unspecified atom stereocenters. The number of nitrogens with zero attached hydrogens (tertiary/aromatic N) is 1. The fourth-order valence-corrected chi connectivity index (χ4v) is 8.37. The molecular weight excluding hydrogens is 452 g/mol. The Hall–Kier alpha value is -2.50. The quantitative estimate of drug-likeness (QED) is 0.556. The number of fused-ring (bicyclic) bond motifs is 5. The van der Waals surface area contributed by atoms with E-state index in [1.165, 1.54) is 5.70 Å². The monoisotopic (exact) mass is 494 g/mol. The SMILES string of the molecule is COc1ccccc1C(C)(C)NC(=O)O[C@H]1CC[C@H]2[C@@H]3CC=C4N(C)C(=O)CC[C@]4(C)[C@H]3CC[C@]12C. The number of rotatable bonds is 4. The second kappa shape index (κ2) is 8.81. The number of nitrogens with one attached hydrogen (secondary N) is 1. The normalized spacial score (nSPS) is 35.8. The Kier molecular flexibility index (Phi) is 6.16. The van der Waals surface area contributed by atoms with Gasteiger partial charge in [-0.05, 0) is 76.2 Å². The topological polar surface area (TPSA) is 67.9 Å². The van der Waals surface area contributed by atoms with Crippen LogP contribution >= 0.6 is 0 Å². The molecule has 196 valence electrons. The number of carbonyl (C=O) groups excluding carboxylic acids is 2. The molecule has 6 heteroatoms. The Morgan fingerprint density at radius 3 is 2.61 bits per heavy atom. The van der Waals surface area contributed by atoms with Gasteiger partial charge in [0.1, 0.15) is 11.9 Å². The first-order valence-electron chi connectivity index (χ1n) is 13.6. The van der Waals surface area contributed by atoms with Gasteiger partial charge in [0.25, 0.3) is 0 Å². The van der Waals surface area contributed by atoms with Crippen molar-refractivity contribution in [1.29, 1.82) is 0 Å². The molecule has 0 bridgehead atoms. The minimum atomic E-state index is -0.621. The molecule has 0 spiro atoms. The van der Waals surface area contributed by atoms with Crippen LogP contribution in [0.4, 0.5) is 4.79 Å². The van der Waals surface area contributed by atoms with Gasteiger partial charge in [-0.1, -0.05) is 38.1 Å². The van der Waals surface area contributed by atoms with Gasteiger partial charge in [0, 0.05) is 35.6 Å². The van der Waals surface area contributed by atoms with Gasteiger partial charge < -0.3 is 19.7 Å². The summed E-state index contributed by atoms with van der Waals surface area (Å²) in [4.78, 5) is 27.5. The average Bonchev–Trinajstić information content (AvgIpc) is 3.17. The minimum Gasteiger partial charge on any atom is -0.496 e. The summed E-state index contributed by atoms with van der Waals surface area (Å²) >= 11 is 0. The first kappa shape index (κ1) is 25.2. The third-order valence-corrected chi connectivity index (χ3v) is 10.4. The van der Waals surface area contributed by atoms with E-state index in [1.54, 1.807) is 7.11 Å². The number of methoxy groups -OCH3 is 1. The number of para-hydroxylation sites is 1. The number of hydrogen-bond acceptors (Lipinski definition) is 4. The van der Waals surface area contributed by atoms with E-state index in [9.17, 15) is 9.59 Å². The lowest BCUT2D eigenvalue weighted by atomic mass is 9.49. The molecule has 2 amide bonds. The summed E-state index contributed by atoms with van der Waals surface area (Å²) < 4.78 is 11.7. The summed E-state index contributed by atoms with van der Waals surface area (Å²) in [6.07, 6.45) is 8.73. The molecule has 1 heterocycles. The van der Waals surface area contributed by atoms with E-state index in [4.69, 9.17) is 9.47 Å². The van der Waals surface area contributed by atoms with Gasteiger partial charge in [-0.25, -0.2) is 4.79 Å². The smallest absolute Gasteiger partial charge is 0.408 e. The fraction of sp³-hybridized carbons (Fsp3) is 0.667. The maximum absolute atomic E-state index is 13.2. The number of ether oxygens (including phenoxy) is 2. The average molecular weight is 495 g/mol.